The van der Waals surface area contributed by atoms with Crippen LogP contribution in [0.1, 0.15) is 52.0 Å². The Morgan fingerprint density at radius 1 is 1.03 bits per heavy atom. The summed E-state index contributed by atoms with van der Waals surface area (Å²) in [6, 6.07) is 12.5. The molecule has 0 atom stereocenters. The first-order valence-electron chi connectivity index (χ1n) is 10.5. The smallest absolute Gasteiger partial charge is 0.326 e. The lowest BCUT2D eigenvalue weighted by atomic mass is 9.72. The predicted molar refractivity (Wildman–Crippen MR) is 118 cm³/mol. The first kappa shape index (κ1) is 22.3. The van der Waals surface area contributed by atoms with Gasteiger partial charge >= 0.3 is 7.60 Å². The summed E-state index contributed by atoms with van der Waals surface area (Å²) in [4.78, 5) is 17.8. The molecule has 2 aromatic rings. The van der Waals surface area contributed by atoms with Gasteiger partial charge in [-0.25, -0.2) is 0 Å². The SMILES string of the molecule is CC(C)(C)[C@H]1CC[C@H](Oc2ccc3cc(CNCCP(=O)(O)O)ccc3c2)CC1. The highest BCUT2D eigenvalue weighted by molar-refractivity contribution is 7.51. The molecule has 0 amide bonds. The molecule has 0 aromatic heterocycles. The second kappa shape index (κ2) is 9.18. The summed E-state index contributed by atoms with van der Waals surface area (Å²) in [5, 5.41) is 5.37. The minimum absolute atomic E-state index is 0.140. The molecular formula is C23H34NO4P. The lowest BCUT2D eigenvalue weighted by Crippen LogP contribution is -2.30. The average molecular weight is 420 g/mol. The largest absolute Gasteiger partial charge is 0.490 e. The zero-order valence-electron chi connectivity index (χ0n) is 17.7. The fourth-order valence-electron chi connectivity index (χ4n) is 4.15. The molecule has 6 heteroatoms. The summed E-state index contributed by atoms with van der Waals surface area (Å²) < 4.78 is 17.2. The molecule has 0 bridgehead atoms. The Morgan fingerprint density at radius 2 is 1.69 bits per heavy atom. The molecule has 1 aliphatic carbocycles. The van der Waals surface area contributed by atoms with Gasteiger partial charge < -0.3 is 19.8 Å². The van der Waals surface area contributed by atoms with E-state index in [-0.39, 0.29) is 6.16 Å². The number of nitrogens with one attached hydrogen (secondary N) is 1. The first-order valence-corrected chi connectivity index (χ1v) is 12.3. The lowest BCUT2D eigenvalue weighted by molar-refractivity contribution is 0.0883. The molecular weight excluding hydrogens is 385 g/mol. The molecule has 29 heavy (non-hydrogen) atoms. The minimum Gasteiger partial charge on any atom is -0.490 e. The Labute approximate surface area is 174 Å². The zero-order chi connectivity index (χ0) is 21.1. The van der Waals surface area contributed by atoms with Crippen LogP contribution in [0.15, 0.2) is 36.4 Å². The van der Waals surface area contributed by atoms with Crippen LogP contribution in [0.4, 0.5) is 0 Å². The summed E-state index contributed by atoms with van der Waals surface area (Å²) in [5.74, 6) is 1.72. The summed E-state index contributed by atoms with van der Waals surface area (Å²) in [6.45, 7) is 7.90. The molecule has 5 nitrogen and oxygen atoms in total. The normalized spacial score (nSPS) is 20.7. The standard InChI is InChI=1S/C23H34NO4P/c1-23(2,3)20-7-10-21(11-8-20)28-22-9-6-18-14-17(4-5-19(18)15-22)16-24-12-13-29(25,26)27/h4-6,9,14-15,20-21,24H,7-8,10-13,16H2,1-3H3,(H2,25,26,27)/t20-,21-. The Morgan fingerprint density at radius 3 is 2.34 bits per heavy atom. The average Bonchev–Trinajstić information content (AvgIpc) is 2.64. The number of ether oxygens (including phenoxy) is 1. The summed E-state index contributed by atoms with van der Waals surface area (Å²) in [5.41, 5.74) is 1.48. The van der Waals surface area contributed by atoms with E-state index in [9.17, 15) is 4.57 Å². The van der Waals surface area contributed by atoms with Gasteiger partial charge in [-0.05, 0) is 71.6 Å². The highest BCUT2D eigenvalue weighted by Gasteiger charge is 2.30. The van der Waals surface area contributed by atoms with Crippen molar-refractivity contribution < 1.29 is 19.1 Å². The molecule has 1 saturated carbocycles. The van der Waals surface area contributed by atoms with Crippen molar-refractivity contribution in [2.24, 2.45) is 11.3 Å². The zero-order valence-corrected chi connectivity index (χ0v) is 18.6. The maximum atomic E-state index is 10.9. The first-order chi connectivity index (χ1) is 13.6. The van der Waals surface area contributed by atoms with Crippen molar-refractivity contribution in [3.8, 4) is 5.75 Å². The van der Waals surface area contributed by atoms with Gasteiger partial charge in [0, 0.05) is 13.1 Å². The van der Waals surface area contributed by atoms with Gasteiger partial charge in [0.1, 0.15) is 5.75 Å². The van der Waals surface area contributed by atoms with Gasteiger partial charge in [0.15, 0.2) is 0 Å². The van der Waals surface area contributed by atoms with Crippen LogP contribution in [0.2, 0.25) is 0 Å². The fourth-order valence-corrected chi connectivity index (χ4v) is 4.60. The van der Waals surface area contributed by atoms with Crippen LogP contribution < -0.4 is 10.1 Å². The van der Waals surface area contributed by atoms with Crippen LogP contribution in [0.3, 0.4) is 0 Å². The molecule has 3 rings (SSSR count). The molecule has 0 radical (unpaired) electrons. The molecule has 1 fully saturated rings. The lowest BCUT2D eigenvalue weighted by Gasteiger charge is -2.37. The van der Waals surface area contributed by atoms with Crippen molar-refractivity contribution in [2.75, 3.05) is 12.7 Å². The van der Waals surface area contributed by atoms with Gasteiger partial charge in [0.25, 0.3) is 0 Å². The van der Waals surface area contributed by atoms with Gasteiger partial charge in [-0.15, -0.1) is 0 Å². The number of hydrogen-bond donors (Lipinski definition) is 3. The van der Waals surface area contributed by atoms with Crippen molar-refractivity contribution in [1.29, 1.82) is 0 Å². The van der Waals surface area contributed by atoms with Crippen LogP contribution in [0, 0.1) is 11.3 Å². The van der Waals surface area contributed by atoms with Crippen LogP contribution in [0.25, 0.3) is 10.8 Å². The summed E-state index contributed by atoms with van der Waals surface area (Å²) >= 11 is 0. The Kier molecular flexibility index (Phi) is 7.06. The van der Waals surface area contributed by atoms with E-state index in [0.717, 1.165) is 40.8 Å². The Bertz CT molecular complexity index is 863. The molecule has 0 unspecified atom stereocenters. The van der Waals surface area contributed by atoms with Crippen LogP contribution in [-0.2, 0) is 11.1 Å². The molecule has 2 aromatic carbocycles. The molecule has 0 spiro atoms. The van der Waals surface area contributed by atoms with Crippen molar-refractivity contribution in [2.45, 2.75) is 59.1 Å². The molecule has 160 valence electrons. The number of hydrogen-bond acceptors (Lipinski definition) is 3. The minimum atomic E-state index is -3.94. The van der Waals surface area contributed by atoms with E-state index in [1.165, 1.54) is 12.8 Å². The summed E-state index contributed by atoms with van der Waals surface area (Å²) in [7, 11) is -3.94. The quantitative estimate of drug-likeness (QED) is 0.430. The van der Waals surface area contributed by atoms with Gasteiger partial charge in [0.05, 0.1) is 12.3 Å². The van der Waals surface area contributed by atoms with Gasteiger partial charge in [-0.2, -0.15) is 0 Å². The van der Waals surface area contributed by atoms with E-state index in [2.05, 4.69) is 50.4 Å². The number of benzene rings is 2. The van der Waals surface area contributed by atoms with Crippen molar-refractivity contribution >= 4 is 18.4 Å². The third kappa shape index (κ3) is 6.82. The van der Waals surface area contributed by atoms with Gasteiger partial charge in [-0.1, -0.05) is 39.0 Å². The molecule has 0 aliphatic heterocycles. The van der Waals surface area contributed by atoms with E-state index in [1.54, 1.807) is 0 Å². The second-order valence-electron chi connectivity index (χ2n) is 9.37. The second-order valence-corrected chi connectivity index (χ2v) is 11.1. The van der Waals surface area contributed by atoms with Crippen molar-refractivity contribution in [3.05, 3.63) is 42.0 Å². The third-order valence-electron chi connectivity index (χ3n) is 5.99. The van der Waals surface area contributed by atoms with Crippen molar-refractivity contribution in [1.82, 2.24) is 5.32 Å². The highest BCUT2D eigenvalue weighted by Crippen LogP contribution is 2.39. The van der Waals surface area contributed by atoms with Crippen molar-refractivity contribution in [3.63, 3.8) is 0 Å². The Hall–Kier alpha value is -1.39. The van der Waals surface area contributed by atoms with Crippen LogP contribution in [-0.4, -0.2) is 28.6 Å². The van der Waals surface area contributed by atoms with E-state index < -0.39 is 7.60 Å². The van der Waals surface area contributed by atoms with E-state index in [0.29, 0.717) is 24.6 Å². The van der Waals surface area contributed by atoms with Crippen LogP contribution in [0.5, 0.6) is 5.75 Å². The fraction of sp³-hybridized carbons (Fsp3) is 0.565. The monoisotopic (exact) mass is 419 g/mol. The highest BCUT2D eigenvalue weighted by atomic mass is 31.2. The van der Waals surface area contributed by atoms with E-state index in [1.807, 2.05) is 12.1 Å². The maximum Gasteiger partial charge on any atom is 0.326 e. The van der Waals surface area contributed by atoms with Crippen LogP contribution >= 0.6 is 7.60 Å². The molecule has 1 aliphatic rings. The number of rotatable bonds is 7. The topological polar surface area (TPSA) is 78.8 Å². The van der Waals surface area contributed by atoms with E-state index >= 15 is 0 Å². The van der Waals surface area contributed by atoms with Gasteiger partial charge in [0.2, 0.25) is 0 Å². The van der Waals surface area contributed by atoms with E-state index in [4.69, 9.17) is 14.5 Å². The molecule has 0 saturated heterocycles. The Balaban J connectivity index is 1.55. The predicted octanol–water partition coefficient (Wildman–Crippen LogP) is 5.09. The molecule has 3 N–H and O–H groups in total. The number of fused-ring (bicyclic) bond motifs is 1. The third-order valence-corrected chi connectivity index (χ3v) is 6.79. The summed E-state index contributed by atoms with van der Waals surface area (Å²) in [6.07, 6.45) is 4.89. The van der Waals surface area contributed by atoms with Gasteiger partial charge in [-0.3, -0.25) is 4.57 Å². The maximum absolute atomic E-state index is 10.9. The molecule has 0 heterocycles.